The molecule has 0 atom stereocenters. The standard InChI is InChI=1S/C10H9ClN2O2S/c1-5-6(4-16-9(5)10(14)15)8-7(11)3-12-13(8)2/h3-4H,1-2H3,(H,14,15). The molecule has 84 valence electrons. The van der Waals surface area contributed by atoms with Crippen LogP contribution >= 0.6 is 22.9 Å². The second kappa shape index (κ2) is 3.92. The van der Waals surface area contributed by atoms with Crippen LogP contribution in [0.15, 0.2) is 11.6 Å². The molecule has 1 N–H and O–H groups in total. The number of carboxylic acids is 1. The van der Waals surface area contributed by atoms with Gasteiger partial charge in [0.25, 0.3) is 0 Å². The summed E-state index contributed by atoms with van der Waals surface area (Å²) in [5.74, 6) is -0.910. The number of carbonyl (C=O) groups is 1. The lowest BCUT2D eigenvalue weighted by Gasteiger charge is -2.02. The fourth-order valence-corrected chi connectivity index (χ4v) is 2.75. The first-order chi connectivity index (χ1) is 7.52. The first-order valence-electron chi connectivity index (χ1n) is 4.51. The van der Waals surface area contributed by atoms with Crippen LogP contribution in [-0.4, -0.2) is 20.9 Å². The number of thiophene rings is 1. The van der Waals surface area contributed by atoms with Crippen LogP contribution in [0.2, 0.25) is 5.02 Å². The number of hydrogen-bond acceptors (Lipinski definition) is 3. The molecule has 0 radical (unpaired) electrons. The van der Waals surface area contributed by atoms with Crippen LogP contribution in [0, 0.1) is 6.92 Å². The van der Waals surface area contributed by atoms with Gasteiger partial charge in [-0.1, -0.05) is 11.6 Å². The Labute approximate surface area is 101 Å². The van der Waals surface area contributed by atoms with Gasteiger partial charge in [0.05, 0.1) is 16.9 Å². The summed E-state index contributed by atoms with van der Waals surface area (Å²) in [6.45, 7) is 1.78. The molecular formula is C10H9ClN2O2S. The number of halogens is 1. The molecule has 2 rings (SSSR count). The van der Waals surface area contributed by atoms with Crippen molar-refractivity contribution in [2.75, 3.05) is 0 Å². The number of nitrogens with zero attached hydrogens (tertiary/aromatic N) is 2. The quantitative estimate of drug-likeness (QED) is 0.899. The molecule has 0 saturated carbocycles. The molecule has 0 fully saturated rings. The Balaban J connectivity index is 2.62. The summed E-state index contributed by atoms with van der Waals surface area (Å²) < 4.78 is 1.64. The van der Waals surface area contributed by atoms with E-state index < -0.39 is 5.97 Å². The third-order valence-electron chi connectivity index (χ3n) is 2.38. The number of carboxylic acid groups (broad SMARTS) is 1. The van der Waals surface area contributed by atoms with Crippen molar-refractivity contribution < 1.29 is 9.90 Å². The molecule has 2 aromatic heterocycles. The van der Waals surface area contributed by atoms with Crippen LogP contribution < -0.4 is 0 Å². The van der Waals surface area contributed by atoms with Crippen molar-refractivity contribution in [3.05, 3.63) is 27.0 Å². The third kappa shape index (κ3) is 1.62. The monoisotopic (exact) mass is 256 g/mol. The maximum Gasteiger partial charge on any atom is 0.346 e. The van der Waals surface area contributed by atoms with Gasteiger partial charge < -0.3 is 5.11 Å². The first-order valence-corrected chi connectivity index (χ1v) is 5.77. The zero-order valence-electron chi connectivity index (χ0n) is 8.69. The first kappa shape index (κ1) is 11.2. The van der Waals surface area contributed by atoms with E-state index in [1.54, 1.807) is 30.2 Å². The molecule has 0 aliphatic rings. The van der Waals surface area contributed by atoms with Gasteiger partial charge in [-0.2, -0.15) is 5.10 Å². The largest absolute Gasteiger partial charge is 0.477 e. The van der Waals surface area contributed by atoms with Gasteiger partial charge in [-0.15, -0.1) is 11.3 Å². The average molecular weight is 257 g/mol. The number of aromatic carboxylic acids is 1. The van der Waals surface area contributed by atoms with E-state index in [2.05, 4.69) is 5.10 Å². The lowest BCUT2D eigenvalue weighted by Crippen LogP contribution is -1.97. The van der Waals surface area contributed by atoms with Crippen LogP contribution in [0.25, 0.3) is 11.3 Å². The normalized spacial score (nSPS) is 10.7. The van der Waals surface area contributed by atoms with Crippen LogP contribution in [0.1, 0.15) is 15.2 Å². The number of hydrogen-bond donors (Lipinski definition) is 1. The molecule has 16 heavy (non-hydrogen) atoms. The maximum atomic E-state index is 10.9. The minimum atomic E-state index is -0.910. The smallest absolute Gasteiger partial charge is 0.346 e. The number of aryl methyl sites for hydroxylation is 1. The van der Waals surface area contributed by atoms with E-state index in [4.69, 9.17) is 16.7 Å². The van der Waals surface area contributed by atoms with Gasteiger partial charge in [0.1, 0.15) is 4.88 Å². The maximum absolute atomic E-state index is 10.9. The molecule has 0 spiro atoms. The Morgan fingerprint density at radius 2 is 2.31 bits per heavy atom. The van der Waals surface area contributed by atoms with Crippen molar-refractivity contribution in [3.8, 4) is 11.3 Å². The molecule has 0 aromatic carbocycles. The van der Waals surface area contributed by atoms with Crippen LogP contribution in [-0.2, 0) is 7.05 Å². The van der Waals surface area contributed by atoms with E-state index in [1.165, 1.54) is 11.3 Å². The van der Waals surface area contributed by atoms with Crippen molar-refractivity contribution in [1.29, 1.82) is 0 Å². The van der Waals surface area contributed by atoms with E-state index in [1.807, 2.05) is 0 Å². The molecule has 0 unspecified atom stereocenters. The fourth-order valence-electron chi connectivity index (χ4n) is 1.57. The van der Waals surface area contributed by atoms with Crippen molar-refractivity contribution in [2.24, 2.45) is 7.05 Å². The average Bonchev–Trinajstić information content (AvgIpc) is 2.71. The minimum absolute atomic E-state index is 0.340. The topological polar surface area (TPSA) is 55.1 Å². The van der Waals surface area contributed by atoms with E-state index in [0.29, 0.717) is 9.90 Å². The van der Waals surface area contributed by atoms with E-state index in [-0.39, 0.29) is 0 Å². The highest BCUT2D eigenvalue weighted by Crippen LogP contribution is 2.34. The molecule has 2 heterocycles. The SMILES string of the molecule is Cc1c(-c2c(Cl)cnn2C)csc1C(=O)O. The van der Waals surface area contributed by atoms with Gasteiger partial charge >= 0.3 is 5.97 Å². The van der Waals surface area contributed by atoms with Crippen molar-refractivity contribution in [2.45, 2.75) is 6.92 Å². The van der Waals surface area contributed by atoms with Crippen LogP contribution in [0.3, 0.4) is 0 Å². The Kier molecular flexibility index (Phi) is 2.73. The summed E-state index contributed by atoms with van der Waals surface area (Å²) in [5.41, 5.74) is 2.30. The number of aromatic nitrogens is 2. The second-order valence-corrected chi connectivity index (χ2v) is 4.66. The lowest BCUT2D eigenvalue weighted by atomic mass is 10.1. The van der Waals surface area contributed by atoms with Crippen molar-refractivity contribution in [1.82, 2.24) is 9.78 Å². The minimum Gasteiger partial charge on any atom is -0.477 e. The molecule has 2 aromatic rings. The van der Waals surface area contributed by atoms with Gasteiger partial charge in [-0.05, 0) is 12.5 Å². The van der Waals surface area contributed by atoms with Gasteiger partial charge in [-0.25, -0.2) is 4.79 Å². The highest BCUT2D eigenvalue weighted by molar-refractivity contribution is 7.12. The van der Waals surface area contributed by atoms with Crippen LogP contribution in [0.5, 0.6) is 0 Å². The zero-order valence-corrected chi connectivity index (χ0v) is 10.3. The van der Waals surface area contributed by atoms with Crippen LogP contribution in [0.4, 0.5) is 0 Å². The van der Waals surface area contributed by atoms with E-state index in [9.17, 15) is 4.79 Å². The summed E-state index contributed by atoms with van der Waals surface area (Å²) in [5, 5.41) is 15.3. The molecule has 0 amide bonds. The molecule has 6 heteroatoms. The Bertz CT molecular complexity index is 540. The molecular weight excluding hydrogens is 248 g/mol. The number of rotatable bonds is 2. The fraction of sp³-hybridized carbons (Fsp3) is 0.200. The van der Waals surface area contributed by atoms with Gasteiger partial charge in [0, 0.05) is 18.0 Å². The summed E-state index contributed by atoms with van der Waals surface area (Å²) in [7, 11) is 1.78. The summed E-state index contributed by atoms with van der Waals surface area (Å²) in [6.07, 6.45) is 1.55. The highest BCUT2D eigenvalue weighted by Gasteiger charge is 2.18. The van der Waals surface area contributed by atoms with Gasteiger partial charge in [0.2, 0.25) is 0 Å². The summed E-state index contributed by atoms with van der Waals surface area (Å²) >= 11 is 7.21. The van der Waals surface area contributed by atoms with Crippen molar-refractivity contribution in [3.63, 3.8) is 0 Å². The van der Waals surface area contributed by atoms with E-state index >= 15 is 0 Å². The molecule has 0 saturated heterocycles. The Morgan fingerprint density at radius 1 is 1.62 bits per heavy atom. The predicted molar refractivity (Wildman–Crippen MR) is 63.2 cm³/mol. The second-order valence-electron chi connectivity index (χ2n) is 3.37. The molecule has 0 aliphatic heterocycles. The Morgan fingerprint density at radius 3 is 2.75 bits per heavy atom. The van der Waals surface area contributed by atoms with Gasteiger partial charge in [-0.3, -0.25) is 4.68 Å². The zero-order chi connectivity index (χ0) is 11.9. The predicted octanol–water partition coefficient (Wildman–Crippen LogP) is 2.81. The van der Waals surface area contributed by atoms with E-state index in [0.717, 1.165) is 16.8 Å². The highest BCUT2D eigenvalue weighted by atomic mass is 35.5. The molecule has 4 nitrogen and oxygen atoms in total. The van der Waals surface area contributed by atoms with Gasteiger partial charge in [0.15, 0.2) is 0 Å². The third-order valence-corrected chi connectivity index (χ3v) is 3.73. The van der Waals surface area contributed by atoms with Crippen molar-refractivity contribution >= 4 is 28.9 Å². The molecule has 0 bridgehead atoms. The summed E-state index contributed by atoms with van der Waals surface area (Å²) in [6, 6.07) is 0. The lowest BCUT2D eigenvalue weighted by molar-refractivity contribution is 0.0701. The summed E-state index contributed by atoms with van der Waals surface area (Å²) in [4.78, 5) is 11.3. The molecule has 0 aliphatic carbocycles. The Hall–Kier alpha value is -1.33.